The van der Waals surface area contributed by atoms with Crippen molar-refractivity contribution in [2.75, 3.05) is 25.6 Å². The Morgan fingerprint density at radius 3 is 1.43 bits per heavy atom. The van der Waals surface area contributed by atoms with Gasteiger partial charge in [0.15, 0.2) is 11.6 Å². The Kier molecular flexibility index (Phi) is 12.4. The summed E-state index contributed by atoms with van der Waals surface area (Å²) in [4.78, 5) is 58.1. The molecule has 1 aliphatic heterocycles. The lowest BCUT2D eigenvalue weighted by atomic mass is 9.63. The van der Waals surface area contributed by atoms with Crippen molar-refractivity contribution in [3.8, 4) is 0 Å². The first-order valence-electron chi connectivity index (χ1n) is 20.9. The molecule has 1 saturated carbocycles. The zero-order valence-electron chi connectivity index (χ0n) is 36.9. The van der Waals surface area contributed by atoms with Crippen LogP contribution in [0.2, 0.25) is 0 Å². The van der Waals surface area contributed by atoms with E-state index in [0.717, 1.165) is 70.6 Å². The minimum absolute atomic E-state index is 0.00554. The number of aromatic nitrogens is 2. The average molecular weight is 899 g/mol. The SMILES string of the molecule is CC1(C)CC(C)(C)c2c([nH]c3ccc(C(=O)NC4CCCC4)cc23)C1=O.CC1(C)CC(C)(C)c2c([nH]c3ccc(C(=O)NC4CCN(S(C)(=O)=O)C4)cc23)C1=O.CS(=O)(=O)Cl. The number of nitrogens with one attached hydrogen (secondary N) is 4. The molecular weight excluding hydrogens is 838 g/mol. The molecule has 4 N–H and O–H groups in total. The van der Waals surface area contributed by atoms with Gasteiger partial charge >= 0.3 is 0 Å². The quantitative estimate of drug-likeness (QED) is 0.146. The van der Waals surface area contributed by atoms with E-state index in [1.165, 1.54) is 23.4 Å². The van der Waals surface area contributed by atoms with Crippen molar-refractivity contribution in [2.24, 2.45) is 10.8 Å². The molecule has 332 valence electrons. The van der Waals surface area contributed by atoms with E-state index in [2.05, 4.69) is 59.0 Å². The van der Waals surface area contributed by atoms with Crippen molar-refractivity contribution >= 4 is 74.9 Å². The van der Waals surface area contributed by atoms with Gasteiger partial charge in [-0.3, -0.25) is 19.2 Å². The van der Waals surface area contributed by atoms with Crippen molar-refractivity contribution < 1.29 is 36.0 Å². The van der Waals surface area contributed by atoms with E-state index < -0.39 is 24.5 Å². The number of hydrogen-bond donors (Lipinski definition) is 4. The Bertz CT molecular complexity index is 2640. The molecular formula is C45H60ClN5O8S2. The number of benzene rings is 2. The molecule has 0 spiro atoms. The third-order valence-corrected chi connectivity index (χ3v) is 13.8. The molecule has 3 aliphatic carbocycles. The van der Waals surface area contributed by atoms with Gasteiger partial charge in [0.05, 0.1) is 23.9 Å². The lowest BCUT2D eigenvalue weighted by Gasteiger charge is -2.39. The summed E-state index contributed by atoms with van der Waals surface area (Å²) in [7, 11) is -1.94. The average Bonchev–Trinajstić information content (AvgIpc) is 3.93. The lowest BCUT2D eigenvalue weighted by Crippen LogP contribution is -2.39. The summed E-state index contributed by atoms with van der Waals surface area (Å²) in [6, 6.07) is 11.3. The molecule has 2 fully saturated rings. The predicted molar refractivity (Wildman–Crippen MR) is 241 cm³/mol. The van der Waals surface area contributed by atoms with Crippen LogP contribution in [-0.2, 0) is 29.9 Å². The van der Waals surface area contributed by atoms with Crippen LogP contribution < -0.4 is 10.6 Å². The highest BCUT2D eigenvalue weighted by atomic mass is 35.7. The Morgan fingerprint density at radius 2 is 1.05 bits per heavy atom. The number of sulfonamides is 1. The minimum Gasteiger partial charge on any atom is -0.352 e. The second kappa shape index (κ2) is 16.3. The number of halogens is 1. The molecule has 2 aromatic carbocycles. The van der Waals surface area contributed by atoms with Gasteiger partial charge in [-0.25, -0.2) is 21.1 Å². The number of carbonyl (C=O) groups is 4. The topological polar surface area (TPSA) is 195 Å². The Labute approximate surface area is 364 Å². The van der Waals surface area contributed by atoms with Crippen LogP contribution >= 0.6 is 10.7 Å². The third-order valence-electron chi connectivity index (χ3n) is 12.6. The zero-order valence-corrected chi connectivity index (χ0v) is 39.3. The molecule has 1 atom stereocenters. The van der Waals surface area contributed by atoms with Crippen molar-refractivity contribution in [2.45, 2.75) is 123 Å². The number of ketones is 2. The summed E-state index contributed by atoms with van der Waals surface area (Å²) >= 11 is 0. The van der Waals surface area contributed by atoms with E-state index in [-0.39, 0.29) is 45.7 Å². The smallest absolute Gasteiger partial charge is 0.251 e. The number of nitrogens with zero attached hydrogens (tertiary/aromatic N) is 1. The number of hydrogen-bond acceptors (Lipinski definition) is 8. The van der Waals surface area contributed by atoms with Crippen LogP contribution in [0, 0.1) is 10.8 Å². The van der Waals surface area contributed by atoms with Crippen LogP contribution in [0.4, 0.5) is 0 Å². The van der Waals surface area contributed by atoms with Crippen molar-refractivity contribution in [3.63, 3.8) is 0 Å². The van der Waals surface area contributed by atoms with Crippen LogP contribution in [0.5, 0.6) is 0 Å². The van der Waals surface area contributed by atoms with Gasteiger partial charge in [-0.15, -0.1) is 0 Å². The Hall–Kier alpha value is -4.05. The number of fused-ring (bicyclic) bond motifs is 6. The van der Waals surface area contributed by atoms with E-state index in [4.69, 9.17) is 0 Å². The predicted octanol–water partition coefficient (Wildman–Crippen LogP) is 7.74. The number of aromatic amines is 2. The second-order valence-corrected chi connectivity index (χ2v) is 25.1. The second-order valence-electron chi connectivity index (χ2n) is 20.0. The molecule has 2 amide bonds. The number of Topliss-reactive ketones (excluding diaryl/α,β-unsaturated/α-hetero) is 2. The summed E-state index contributed by atoms with van der Waals surface area (Å²) < 4.78 is 43.6. The summed E-state index contributed by atoms with van der Waals surface area (Å²) in [6.45, 7) is 17.4. The fourth-order valence-electron chi connectivity index (χ4n) is 10.4. The molecule has 4 aromatic rings. The molecule has 4 aliphatic rings. The first kappa shape index (κ1) is 46.5. The van der Waals surface area contributed by atoms with Gasteiger partial charge in [-0.2, -0.15) is 0 Å². The van der Waals surface area contributed by atoms with Crippen LogP contribution in [-0.4, -0.2) is 92.2 Å². The maximum atomic E-state index is 13.0. The highest BCUT2D eigenvalue weighted by Crippen LogP contribution is 2.49. The number of amides is 2. The summed E-state index contributed by atoms with van der Waals surface area (Å²) in [5.41, 5.74) is 5.23. The monoisotopic (exact) mass is 897 g/mol. The van der Waals surface area contributed by atoms with Crippen LogP contribution in [0.15, 0.2) is 36.4 Å². The fourth-order valence-corrected chi connectivity index (χ4v) is 11.3. The maximum Gasteiger partial charge on any atom is 0.251 e. The Morgan fingerprint density at radius 1 is 0.656 bits per heavy atom. The molecule has 0 radical (unpaired) electrons. The van der Waals surface area contributed by atoms with Crippen molar-refractivity contribution in [1.29, 1.82) is 0 Å². The molecule has 13 nitrogen and oxygen atoms in total. The molecule has 1 unspecified atom stereocenters. The maximum absolute atomic E-state index is 13.0. The highest BCUT2D eigenvalue weighted by Gasteiger charge is 2.47. The van der Waals surface area contributed by atoms with E-state index in [0.29, 0.717) is 42.4 Å². The lowest BCUT2D eigenvalue weighted by molar-refractivity contribution is 0.0755. The van der Waals surface area contributed by atoms with Crippen LogP contribution in [0.3, 0.4) is 0 Å². The first-order valence-corrected chi connectivity index (χ1v) is 25.4. The van der Waals surface area contributed by atoms with E-state index in [1.807, 2.05) is 58.0 Å². The molecule has 3 heterocycles. The first-order chi connectivity index (χ1) is 28.0. The number of rotatable bonds is 5. The minimum atomic E-state index is -3.25. The standard InChI is InChI=1S/C22H29N3O4S.C22H28N2O2.CH3ClO2S/c1-21(2)12-22(3,4)19(26)18-17(21)15-10-13(6-7-16(15)24-18)20(27)23-14-8-9-25(11-14)30(5,28)29;1-21(2)12-22(3,4)19(25)18-17(21)15-11-13(9-10-16(15)24-18)20(26)23-14-7-5-6-8-14;1-5(2,3)4/h6-7,10,14,24H,8-9,11-12H2,1-5H3,(H,23,27);9-11,14,24H,5-8,12H2,1-4H3,(H,23,26);1H3. The summed E-state index contributed by atoms with van der Waals surface area (Å²) in [5.74, 6) is 0.0346. The van der Waals surface area contributed by atoms with Gasteiger partial charge in [0.1, 0.15) is 0 Å². The van der Waals surface area contributed by atoms with Crippen molar-refractivity contribution in [3.05, 3.63) is 70.0 Å². The van der Waals surface area contributed by atoms with Gasteiger partial charge in [0.2, 0.25) is 19.1 Å². The molecule has 61 heavy (non-hydrogen) atoms. The van der Waals surface area contributed by atoms with Gasteiger partial charge in [-0.05, 0) is 90.5 Å². The summed E-state index contributed by atoms with van der Waals surface area (Å²) in [6.07, 6.45) is 8.78. The molecule has 0 bridgehead atoms. The molecule has 8 rings (SSSR count). The number of carbonyl (C=O) groups excluding carboxylic acids is 4. The van der Waals surface area contributed by atoms with E-state index >= 15 is 0 Å². The zero-order chi connectivity index (χ0) is 45.2. The van der Waals surface area contributed by atoms with Crippen molar-refractivity contribution in [1.82, 2.24) is 24.9 Å². The molecule has 2 aromatic heterocycles. The van der Waals surface area contributed by atoms with E-state index in [1.54, 1.807) is 6.07 Å². The van der Waals surface area contributed by atoms with Gasteiger partial charge < -0.3 is 20.6 Å². The number of H-pyrrole nitrogens is 2. The molecule has 16 heteroatoms. The van der Waals surface area contributed by atoms with Crippen LogP contribution in [0.1, 0.15) is 153 Å². The third kappa shape index (κ3) is 9.95. The Balaban J connectivity index is 0.000000185. The van der Waals surface area contributed by atoms with Crippen LogP contribution in [0.25, 0.3) is 21.8 Å². The summed E-state index contributed by atoms with van der Waals surface area (Å²) in [5, 5.41) is 8.02. The van der Waals surface area contributed by atoms with Gasteiger partial charge in [-0.1, -0.05) is 68.2 Å². The molecule has 1 saturated heterocycles. The van der Waals surface area contributed by atoms with Gasteiger partial charge in [0, 0.05) is 79.6 Å². The normalized spacial score (nSPS) is 21.8. The van der Waals surface area contributed by atoms with E-state index in [9.17, 15) is 36.0 Å². The largest absolute Gasteiger partial charge is 0.352 e. The van der Waals surface area contributed by atoms with Gasteiger partial charge in [0.25, 0.3) is 11.8 Å². The highest BCUT2D eigenvalue weighted by molar-refractivity contribution is 8.13. The fraction of sp³-hybridized carbons (Fsp3) is 0.556.